The van der Waals surface area contributed by atoms with Crippen LogP contribution in [0.3, 0.4) is 0 Å². The topological polar surface area (TPSA) is 32.3 Å². The zero-order valence-electron chi connectivity index (χ0n) is 13.7. The Morgan fingerprint density at radius 2 is 1.57 bits per heavy atom. The summed E-state index contributed by atoms with van der Waals surface area (Å²) in [5.41, 5.74) is 1.94. The number of rotatable bonds is 4. The maximum absolute atomic E-state index is 12.6. The van der Waals surface area contributed by atoms with Gasteiger partial charge in [-0.3, -0.25) is 0 Å². The predicted molar refractivity (Wildman–Crippen MR) is 93.3 cm³/mol. The van der Waals surface area contributed by atoms with Crippen LogP contribution in [0.25, 0.3) is 0 Å². The third kappa shape index (κ3) is 3.73. The molecule has 0 unspecified atom stereocenters. The second-order valence-electron chi connectivity index (χ2n) is 6.48. The highest BCUT2D eigenvalue weighted by molar-refractivity contribution is 5.75. The van der Waals surface area contributed by atoms with E-state index in [-0.39, 0.29) is 6.03 Å². The van der Waals surface area contributed by atoms with Crippen LogP contribution in [0.5, 0.6) is 0 Å². The largest absolute Gasteiger partial charge is 0.328 e. The minimum Gasteiger partial charge on any atom is -0.328 e. The Morgan fingerprint density at radius 3 is 2.17 bits per heavy atom. The van der Waals surface area contributed by atoms with Gasteiger partial charge in [0, 0.05) is 13.1 Å². The average Bonchev–Trinajstić information content (AvgIpc) is 3.11. The van der Waals surface area contributed by atoms with Gasteiger partial charge in [-0.05, 0) is 37.3 Å². The van der Waals surface area contributed by atoms with Crippen molar-refractivity contribution in [2.45, 2.75) is 31.7 Å². The van der Waals surface area contributed by atoms with Crippen molar-refractivity contribution in [1.82, 2.24) is 10.2 Å². The number of urea groups is 1. The summed E-state index contributed by atoms with van der Waals surface area (Å²) in [5, 5.41) is 3.29. The third-order valence-corrected chi connectivity index (χ3v) is 4.59. The van der Waals surface area contributed by atoms with Crippen molar-refractivity contribution in [2.24, 2.45) is 0 Å². The van der Waals surface area contributed by atoms with Crippen LogP contribution >= 0.6 is 0 Å². The highest BCUT2D eigenvalue weighted by Gasteiger charge is 2.31. The van der Waals surface area contributed by atoms with Crippen molar-refractivity contribution in [1.29, 1.82) is 0 Å². The van der Waals surface area contributed by atoms with Crippen LogP contribution in [0.15, 0.2) is 60.7 Å². The molecule has 2 aromatic rings. The molecule has 0 spiro atoms. The molecule has 120 valence electrons. The van der Waals surface area contributed by atoms with Gasteiger partial charge in [0.15, 0.2) is 0 Å². The molecule has 1 heterocycles. The van der Waals surface area contributed by atoms with E-state index in [0.29, 0.717) is 0 Å². The van der Waals surface area contributed by atoms with E-state index in [0.717, 1.165) is 37.9 Å². The van der Waals surface area contributed by atoms with E-state index in [9.17, 15) is 4.79 Å². The molecule has 0 aliphatic carbocycles. The maximum Gasteiger partial charge on any atom is 0.318 e. The van der Waals surface area contributed by atoms with E-state index >= 15 is 0 Å². The summed E-state index contributed by atoms with van der Waals surface area (Å²) in [6.07, 6.45) is 2.99. The minimum atomic E-state index is -0.414. The molecular weight excluding hydrogens is 284 g/mol. The van der Waals surface area contributed by atoms with Gasteiger partial charge in [0.05, 0.1) is 5.54 Å². The number of nitrogens with zero attached hydrogens (tertiary/aromatic N) is 1. The molecule has 3 rings (SSSR count). The fourth-order valence-electron chi connectivity index (χ4n) is 3.26. The molecule has 1 fully saturated rings. The number of carbonyl (C=O) groups excluding carboxylic acids is 1. The molecule has 2 aromatic carbocycles. The molecule has 1 saturated heterocycles. The van der Waals surface area contributed by atoms with Crippen LogP contribution in [0.1, 0.15) is 30.9 Å². The molecule has 1 N–H and O–H groups in total. The fraction of sp³-hybridized carbons (Fsp3) is 0.350. The van der Waals surface area contributed by atoms with Gasteiger partial charge in [-0.2, -0.15) is 0 Å². The van der Waals surface area contributed by atoms with Crippen molar-refractivity contribution in [2.75, 3.05) is 13.1 Å². The number of hydrogen-bond donors (Lipinski definition) is 1. The van der Waals surface area contributed by atoms with Crippen LogP contribution in [-0.2, 0) is 12.0 Å². The molecule has 1 aliphatic heterocycles. The van der Waals surface area contributed by atoms with Crippen molar-refractivity contribution in [3.05, 3.63) is 71.8 Å². The van der Waals surface area contributed by atoms with Gasteiger partial charge in [0.1, 0.15) is 0 Å². The SMILES string of the molecule is C[C@](Cc1ccccc1)(NC(=O)N1CCCC1)c1ccccc1. The smallest absolute Gasteiger partial charge is 0.318 e. The van der Waals surface area contributed by atoms with Gasteiger partial charge in [-0.25, -0.2) is 4.79 Å². The second kappa shape index (κ2) is 6.86. The van der Waals surface area contributed by atoms with E-state index in [1.54, 1.807) is 0 Å². The number of likely N-dealkylation sites (tertiary alicyclic amines) is 1. The zero-order valence-corrected chi connectivity index (χ0v) is 13.7. The summed E-state index contributed by atoms with van der Waals surface area (Å²) in [7, 11) is 0. The third-order valence-electron chi connectivity index (χ3n) is 4.59. The average molecular weight is 308 g/mol. The van der Waals surface area contributed by atoms with Gasteiger partial charge in [-0.1, -0.05) is 60.7 Å². The summed E-state index contributed by atoms with van der Waals surface area (Å²) in [6, 6.07) is 20.6. The van der Waals surface area contributed by atoms with Crippen LogP contribution in [0.4, 0.5) is 4.79 Å². The quantitative estimate of drug-likeness (QED) is 0.911. The molecule has 0 bridgehead atoms. The summed E-state index contributed by atoms with van der Waals surface area (Å²) in [6.45, 7) is 3.84. The summed E-state index contributed by atoms with van der Waals surface area (Å²) in [4.78, 5) is 14.6. The Bertz CT molecular complexity index is 635. The summed E-state index contributed by atoms with van der Waals surface area (Å²) >= 11 is 0. The Hall–Kier alpha value is -2.29. The molecule has 1 atom stereocenters. The molecule has 0 aromatic heterocycles. The Balaban J connectivity index is 1.85. The highest BCUT2D eigenvalue weighted by atomic mass is 16.2. The number of carbonyl (C=O) groups is 1. The van der Waals surface area contributed by atoms with Gasteiger partial charge < -0.3 is 10.2 Å². The van der Waals surface area contributed by atoms with E-state index in [1.165, 1.54) is 5.56 Å². The van der Waals surface area contributed by atoms with Gasteiger partial charge >= 0.3 is 6.03 Å². The number of nitrogens with one attached hydrogen (secondary N) is 1. The zero-order chi connectivity index (χ0) is 16.1. The molecule has 2 amide bonds. The van der Waals surface area contributed by atoms with Crippen molar-refractivity contribution < 1.29 is 4.79 Å². The second-order valence-corrected chi connectivity index (χ2v) is 6.48. The normalized spacial score (nSPS) is 16.8. The summed E-state index contributed by atoms with van der Waals surface area (Å²) < 4.78 is 0. The monoisotopic (exact) mass is 308 g/mol. The van der Waals surface area contributed by atoms with Crippen LogP contribution < -0.4 is 5.32 Å². The highest BCUT2D eigenvalue weighted by Crippen LogP contribution is 2.26. The van der Waals surface area contributed by atoms with E-state index < -0.39 is 5.54 Å². The number of benzene rings is 2. The lowest BCUT2D eigenvalue weighted by Gasteiger charge is -2.33. The molecule has 1 aliphatic rings. The Morgan fingerprint density at radius 1 is 1.00 bits per heavy atom. The van der Waals surface area contributed by atoms with Crippen molar-refractivity contribution in [3.63, 3.8) is 0 Å². The molecule has 3 nitrogen and oxygen atoms in total. The van der Waals surface area contributed by atoms with Crippen LogP contribution in [0.2, 0.25) is 0 Å². The summed E-state index contributed by atoms with van der Waals surface area (Å²) in [5.74, 6) is 0. The molecular formula is C20H24N2O. The van der Waals surface area contributed by atoms with Crippen LogP contribution in [-0.4, -0.2) is 24.0 Å². The maximum atomic E-state index is 12.6. The van der Waals surface area contributed by atoms with Gasteiger partial charge in [0.25, 0.3) is 0 Å². The lowest BCUT2D eigenvalue weighted by Crippen LogP contribution is -2.50. The van der Waals surface area contributed by atoms with Gasteiger partial charge in [0.2, 0.25) is 0 Å². The number of hydrogen-bond acceptors (Lipinski definition) is 1. The molecule has 3 heteroatoms. The Kier molecular flexibility index (Phi) is 4.65. The minimum absolute atomic E-state index is 0.0461. The molecule has 23 heavy (non-hydrogen) atoms. The first-order chi connectivity index (χ1) is 11.2. The van der Waals surface area contributed by atoms with Crippen LogP contribution in [0, 0.1) is 0 Å². The van der Waals surface area contributed by atoms with Gasteiger partial charge in [-0.15, -0.1) is 0 Å². The standard InChI is InChI=1S/C20H24N2O/c1-20(18-12-6-3-7-13-18,16-17-10-4-2-5-11-17)21-19(23)22-14-8-9-15-22/h2-7,10-13H,8-9,14-16H2,1H3,(H,21,23)/t20-/m1/s1. The first-order valence-electron chi connectivity index (χ1n) is 8.34. The first kappa shape index (κ1) is 15.6. The lowest BCUT2D eigenvalue weighted by molar-refractivity contribution is 0.194. The number of amides is 2. The predicted octanol–water partition coefficient (Wildman–Crippen LogP) is 3.95. The van der Waals surface area contributed by atoms with E-state index in [1.807, 2.05) is 41.3 Å². The van der Waals surface area contributed by atoms with E-state index in [4.69, 9.17) is 0 Å². The van der Waals surface area contributed by atoms with Crippen molar-refractivity contribution in [3.8, 4) is 0 Å². The van der Waals surface area contributed by atoms with E-state index in [2.05, 4.69) is 36.5 Å². The van der Waals surface area contributed by atoms with Crippen molar-refractivity contribution >= 4 is 6.03 Å². The Labute approximate surface area is 138 Å². The molecule has 0 radical (unpaired) electrons. The first-order valence-corrected chi connectivity index (χ1v) is 8.34. The lowest BCUT2D eigenvalue weighted by atomic mass is 9.85. The molecule has 0 saturated carbocycles. The fourth-order valence-corrected chi connectivity index (χ4v) is 3.26.